The Kier molecular flexibility index (Phi) is 10.8. The lowest BCUT2D eigenvalue weighted by molar-refractivity contribution is 0.0499. The molecule has 2 atom stereocenters. The number of aromatic nitrogens is 2. The van der Waals surface area contributed by atoms with E-state index < -0.39 is 11.9 Å². The topological polar surface area (TPSA) is 114 Å². The molecular formula is C46H44Cl3N7O4. The molecule has 0 aliphatic carbocycles. The summed E-state index contributed by atoms with van der Waals surface area (Å²) in [7, 11) is 3.36. The molecule has 2 N–H and O–H groups in total. The molecule has 5 aromatic rings. The number of amides is 3. The molecule has 0 bridgehead atoms. The first kappa shape index (κ1) is 39.9. The highest BCUT2D eigenvalue weighted by molar-refractivity contribution is 6.35. The lowest BCUT2D eigenvalue weighted by Crippen LogP contribution is -2.50. The maximum atomic E-state index is 15.2. The standard InChI is InChI=1S/C46H44Cl3N7O4/c1-26-9-7-16-56-41(32-13-12-29(47)23-34(32)49)33-22-30(48)24-35-38(33)39(42(56)37(26)27-10-5-4-6-11-27)40(51-35)44(57)52-36-21-28(45(58)53(2)3)25-50-43(36)54-18-14-31(15-19-54)55-17-8-20-60-46(55)59/h4-7,10-13,16,21-26,31,41,51H,8-9,14-15,17-20H2,1-3H3,(H,52,57). The summed E-state index contributed by atoms with van der Waals surface area (Å²) in [6, 6.07) is 20.9. The average molecular weight is 865 g/mol. The minimum atomic E-state index is -0.412. The van der Waals surface area contributed by atoms with Gasteiger partial charge in [0, 0.05) is 83.7 Å². The molecule has 60 heavy (non-hydrogen) atoms. The van der Waals surface area contributed by atoms with Crippen LogP contribution in [0.4, 0.5) is 16.3 Å². The van der Waals surface area contributed by atoms with Crippen LogP contribution >= 0.6 is 34.8 Å². The van der Waals surface area contributed by atoms with E-state index >= 15 is 4.79 Å². The number of allylic oxidation sites excluding steroid dienone is 2. The predicted molar refractivity (Wildman–Crippen MR) is 238 cm³/mol. The summed E-state index contributed by atoms with van der Waals surface area (Å²) < 4.78 is 5.34. The summed E-state index contributed by atoms with van der Waals surface area (Å²) in [6.07, 6.45) is 8.51. The van der Waals surface area contributed by atoms with Crippen LogP contribution in [0.1, 0.15) is 81.7 Å². The van der Waals surface area contributed by atoms with Crippen molar-refractivity contribution in [2.75, 3.05) is 50.6 Å². The van der Waals surface area contributed by atoms with Gasteiger partial charge < -0.3 is 34.6 Å². The zero-order valence-electron chi connectivity index (χ0n) is 33.5. The number of hydrogen-bond donors (Lipinski definition) is 2. The number of fused-ring (bicyclic) bond motifs is 2. The Labute approximate surface area is 363 Å². The summed E-state index contributed by atoms with van der Waals surface area (Å²) in [4.78, 5) is 57.0. The van der Waals surface area contributed by atoms with Crippen LogP contribution in [0.2, 0.25) is 15.1 Å². The van der Waals surface area contributed by atoms with E-state index in [-0.39, 0.29) is 24.0 Å². The summed E-state index contributed by atoms with van der Waals surface area (Å²) in [6.45, 7) is 4.50. The van der Waals surface area contributed by atoms with Crippen molar-refractivity contribution in [2.45, 2.75) is 44.7 Å². The number of anilines is 2. The molecule has 0 spiro atoms. The third kappa shape index (κ3) is 7.16. The maximum absolute atomic E-state index is 15.2. The largest absolute Gasteiger partial charge is 0.449 e. The van der Waals surface area contributed by atoms with Crippen LogP contribution in [0.25, 0.3) is 22.2 Å². The van der Waals surface area contributed by atoms with E-state index in [0.29, 0.717) is 82.4 Å². The smallest absolute Gasteiger partial charge is 0.410 e. The Hall–Kier alpha value is -5.49. The Morgan fingerprint density at radius 2 is 1.73 bits per heavy atom. The molecule has 11 nitrogen and oxygen atoms in total. The van der Waals surface area contributed by atoms with Gasteiger partial charge in [0.2, 0.25) is 0 Å². The number of carbonyl (C=O) groups excluding carboxylic acids is 3. The van der Waals surface area contributed by atoms with Crippen LogP contribution in [0.3, 0.4) is 0 Å². The summed E-state index contributed by atoms with van der Waals surface area (Å²) in [5, 5.41) is 5.60. The van der Waals surface area contributed by atoms with E-state index in [1.54, 1.807) is 32.4 Å². The Morgan fingerprint density at radius 1 is 0.950 bits per heavy atom. The molecule has 0 saturated carbocycles. The van der Waals surface area contributed by atoms with E-state index in [0.717, 1.165) is 51.8 Å². The molecule has 2 unspecified atom stereocenters. The van der Waals surface area contributed by atoms with Crippen molar-refractivity contribution in [2.24, 2.45) is 5.92 Å². The first-order valence-electron chi connectivity index (χ1n) is 20.2. The van der Waals surface area contributed by atoms with Crippen molar-refractivity contribution in [1.82, 2.24) is 24.7 Å². The molecule has 4 aliphatic heterocycles. The average Bonchev–Trinajstić information content (AvgIpc) is 3.53. The van der Waals surface area contributed by atoms with Gasteiger partial charge in [-0.05, 0) is 84.2 Å². The molecule has 2 aromatic heterocycles. The van der Waals surface area contributed by atoms with Crippen LogP contribution in [-0.2, 0) is 4.74 Å². The molecule has 6 heterocycles. The fourth-order valence-corrected chi connectivity index (χ4v) is 9.99. The van der Waals surface area contributed by atoms with Crippen molar-refractivity contribution >= 4 is 86.4 Å². The molecular weight excluding hydrogens is 821 g/mol. The molecule has 14 heteroatoms. The van der Waals surface area contributed by atoms with E-state index in [4.69, 9.17) is 44.5 Å². The quantitative estimate of drug-likeness (QED) is 0.168. The van der Waals surface area contributed by atoms with Crippen LogP contribution in [0, 0.1) is 5.92 Å². The van der Waals surface area contributed by atoms with Crippen molar-refractivity contribution in [1.29, 1.82) is 0 Å². The zero-order valence-corrected chi connectivity index (χ0v) is 35.7. The van der Waals surface area contributed by atoms with Crippen molar-refractivity contribution in [3.63, 3.8) is 0 Å². The van der Waals surface area contributed by atoms with Gasteiger partial charge >= 0.3 is 6.09 Å². The van der Waals surface area contributed by atoms with Crippen LogP contribution in [-0.4, -0.2) is 89.0 Å². The van der Waals surface area contributed by atoms with Gasteiger partial charge in [-0.2, -0.15) is 0 Å². The highest BCUT2D eigenvalue weighted by atomic mass is 35.5. The molecule has 2 fully saturated rings. The minimum Gasteiger partial charge on any atom is -0.449 e. The number of carbonyl (C=O) groups is 3. The fraction of sp³-hybridized carbons (Fsp3) is 0.304. The lowest BCUT2D eigenvalue weighted by atomic mass is 9.82. The van der Waals surface area contributed by atoms with E-state index in [2.05, 4.69) is 51.4 Å². The molecule has 3 amide bonds. The highest BCUT2D eigenvalue weighted by Crippen LogP contribution is 2.53. The number of rotatable bonds is 7. The second-order valence-electron chi connectivity index (χ2n) is 16.0. The summed E-state index contributed by atoms with van der Waals surface area (Å²) >= 11 is 20.4. The van der Waals surface area contributed by atoms with E-state index in [1.165, 1.54) is 4.90 Å². The molecule has 4 aliphatic rings. The van der Waals surface area contributed by atoms with Gasteiger partial charge in [-0.25, -0.2) is 9.78 Å². The third-order valence-electron chi connectivity index (χ3n) is 12.0. The molecule has 308 valence electrons. The summed E-state index contributed by atoms with van der Waals surface area (Å²) in [5.41, 5.74) is 7.21. The van der Waals surface area contributed by atoms with Gasteiger partial charge in [-0.3, -0.25) is 9.59 Å². The maximum Gasteiger partial charge on any atom is 0.410 e. The molecule has 9 rings (SSSR count). The Morgan fingerprint density at radius 3 is 2.47 bits per heavy atom. The van der Waals surface area contributed by atoms with Gasteiger partial charge in [0.25, 0.3) is 11.8 Å². The minimum absolute atomic E-state index is 0.0415. The van der Waals surface area contributed by atoms with E-state index in [9.17, 15) is 9.59 Å². The first-order valence-corrected chi connectivity index (χ1v) is 21.4. The summed E-state index contributed by atoms with van der Waals surface area (Å²) in [5.74, 6) is -0.0400. The number of nitrogens with one attached hydrogen (secondary N) is 2. The number of piperidine rings is 1. The monoisotopic (exact) mass is 863 g/mol. The third-order valence-corrected chi connectivity index (χ3v) is 12.8. The number of ether oxygens (including phenoxy) is 1. The number of pyridine rings is 1. The number of cyclic esters (lactones) is 1. The highest BCUT2D eigenvalue weighted by Gasteiger charge is 2.41. The SMILES string of the molecule is CC1CC=CN2C(=C1c1ccccc1)c1c(C(=O)Nc3cc(C(=O)N(C)C)cnc3N3CCC(N4CCCOC4=O)CC3)[nH]c3cc(Cl)cc(c13)C2c1ccc(Cl)cc1Cl. The Balaban J connectivity index is 1.20. The lowest BCUT2D eigenvalue weighted by Gasteiger charge is -2.40. The molecule has 3 aromatic carbocycles. The van der Waals surface area contributed by atoms with Gasteiger partial charge in [0.05, 0.1) is 29.6 Å². The van der Waals surface area contributed by atoms with Crippen LogP contribution in [0.15, 0.2) is 85.2 Å². The van der Waals surface area contributed by atoms with Gasteiger partial charge in [-0.1, -0.05) is 84.2 Å². The number of hydrogen-bond acceptors (Lipinski definition) is 7. The van der Waals surface area contributed by atoms with Crippen molar-refractivity contribution in [3.8, 4) is 0 Å². The molecule has 0 radical (unpaired) electrons. The Bertz CT molecular complexity index is 2600. The van der Waals surface area contributed by atoms with Gasteiger partial charge in [0.1, 0.15) is 5.69 Å². The second-order valence-corrected chi connectivity index (χ2v) is 17.3. The number of nitrogens with zero attached hydrogens (tertiary/aromatic N) is 5. The predicted octanol–water partition coefficient (Wildman–Crippen LogP) is 10.1. The number of halogens is 3. The number of benzene rings is 3. The van der Waals surface area contributed by atoms with Crippen LogP contribution in [0.5, 0.6) is 0 Å². The second kappa shape index (κ2) is 16.2. The number of H-pyrrole nitrogens is 1. The van der Waals surface area contributed by atoms with Crippen molar-refractivity contribution < 1.29 is 19.1 Å². The normalized spacial score (nSPS) is 19.3. The fourth-order valence-electron chi connectivity index (χ4n) is 9.25. The zero-order chi connectivity index (χ0) is 41.8. The van der Waals surface area contributed by atoms with Gasteiger partial charge in [-0.15, -0.1) is 0 Å². The van der Waals surface area contributed by atoms with Crippen LogP contribution < -0.4 is 10.2 Å². The van der Waals surface area contributed by atoms with E-state index in [1.807, 2.05) is 47.4 Å². The number of aromatic amines is 1. The van der Waals surface area contributed by atoms with Gasteiger partial charge in [0.15, 0.2) is 5.82 Å². The van der Waals surface area contributed by atoms with Crippen molar-refractivity contribution in [3.05, 3.63) is 134 Å². The first-order chi connectivity index (χ1) is 29.0. The molecule has 2 saturated heterocycles.